The monoisotopic (exact) mass is 348 g/mol. The fourth-order valence-corrected chi connectivity index (χ4v) is 4.01. The van der Waals surface area contributed by atoms with Gasteiger partial charge in [-0.05, 0) is 49.8 Å². The Bertz CT molecular complexity index is 581. The van der Waals surface area contributed by atoms with E-state index >= 15 is 0 Å². The highest BCUT2D eigenvalue weighted by atomic mass is 35.5. The van der Waals surface area contributed by atoms with Crippen LogP contribution in [0.3, 0.4) is 0 Å². The minimum Gasteiger partial charge on any atom is -0.371 e. The molecule has 5 heteroatoms. The van der Waals surface area contributed by atoms with Crippen LogP contribution in [0, 0.1) is 12.8 Å². The van der Waals surface area contributed by atoms with Crippen LogP contribution in [0.15, 0.2) is 23.2 Å². The van der Waals surface area contributed by atoms with Gasteiger partial charge in [0.25, 0.3) is 0 Å². The molecule has 0 bridgehead atoms. The lowest BCUT2D eigenvalue weighted by Crippen LogP contribution is -2.44. The first-order valence-electron chi connectivity index (χ1n) is 9.14. The summed E-state index contributed by atoms with van der Waals surface area (Å²) in [6.07, 6.45) is 6.42. The van der Waals surface area contributed by atoms with Crippen molar-refractivity contribution in [1.82, 2.24) is 10.6 Å². The van der Waals surface area contributed by atoms with Crippen LogP contribution in [0.4, 0.5) is 5.69 Å². The number of hydrogen-bond donors (Lipinski definition) is 2. The smallest absolute Gasteiger partial charge is 0.191 e. The molecule has 2 N–H and O–H groups in total. The van der Waals surface area contributed by atoms with Gasteiger partial charge in [-0.2, -0.15) is 0 Å². The Morgan fingerprint density at radius 2 is 2.08 bits per heavy atom. The predicted octanol–water partition coefficient (Wildman–Crippen LogP) is 3.58. The first-order chi connectivity index (χ1) is 11.7. The molecule has 3 rings (SSSR count). The number of anilines is 1. The van der Waals surface area contributed by atoms with E-state index in [0.717, 1.165) is 30.6 Å². The molecule has 1 saturated heterocycles. The molecular formula is C19H29ClN4. The maximum absolute atomic E-state index is 6.17. The van der Waals surface area contributed by atoms with Gasteiger partial charge in [0, 0.05) is 43.4 Å². The van der Waals surface area contributed by atoms with E-state index in [0.29, 0.717) is 12.0 Å². The highest BCUT2D eigenvalue weighted by molar-refractivity contribution is 6.30. The lowest BCUT2D eigenvalue weighted by atomic mass is 10.1. The number of aryl methyl sites for hydroxylation is 1. The lowest BCUT2D eigenvalue weighted by Gasteiger charge is -2.22. The molecule has 1 aromatic carbocycles. The summed E-state index contributed by atoms with van der Waals surface area (Å²) in [6, 6.07) is 6.77. The number of hydrogen-bond acceptors (Lipinski definition) is 2. The minimum atomic E-state index is 0.602. The predicted molar refractivity (Wildman–Crippen MR) is 103 cm³/mol. The summed E-state index contributed by atoms with van der Waals surface area (Å²) < 4.78 is 0. The van der Waals surface area contributed by atoms with Crippen LogP contribution in [0.25, 0.3) is 0 Å². The summed E-state index contributed by atoms with van der Waals surface area (Å²) in [6.45, 7) is 5.31. The zero-order chi connectivity index (χ0) is 16.9. The molecule has 0 amide bonds. The Kier molecular flexibility index (Phi) is 5.88. The number of guanidine groups is 1. The second kappa shape index (κ2) is 8.11. The highest BCUT2D eigenvalue weighted by Gasteiger charge is 2.24. The van der Waals surface area contributed by atoms with E-state index in [4.69, 9.17) is 11.6 Å². The Labute approximate surface area is 150 Å². The molecule has 1 aliphatic carbocycles. The van der Waals surface area contributed by atoms with Crippen molar-refractivity contribution in [2.24, 2.45) is 10.9 Å². The average molecular weight is 349 g/mol. The Morgan fingerprint density at radius 3 is 2.83 bits per heavy atom. The van der Waals surface area contributed by atoms with E-state index in [1.165, 1.54) is 43.4 Å². The average Bonchev–Trinajstić information content (AvgIpc) is 3.25. The van der Waals surface area contributed by atoms with E-state index in [1.807, 2.05) is 13.1 Å². The summed E-state index contributed by atoms with van der Waals surface area (Å²) in [7, 11) is 1.86. The van der Waals surface area contributed by atoms with Gasteiger partial charge in [-0.25, -0.2) is 0 Å². The van der Waals surface area contributed by atoms with E-state index in [-0.39, 0.29) is 0 Å². The van der Waals surface area contributed by atoms with Crippen LogP contribution in [0.2, 0.25) is 5.02 Å². The molecule has 0 radical (unpaired) electrons. The molecule has 1 saturated carbocycles. The zero-order valence-electron chi connectivity index (χ0n) is 14.8. The van der Waals surface area contributed by atoms with Crippen LogP contribution < -0.4 is 15.5 Å². The molecule has 1 aromatic rings. The second-order valence-electron chi connectivity index (χ2n) is 7.11. The number of nitrogens with one attached hydrogen (secondary N) is 2. The van der Waals surface area contributed by atoms with Gasteiger partial charge in [0.1, 0.15) is 0 Å². The fourth-order valence-electron chi connectivity index (χ4n) is 3.84. The normalized spacial score (nSPS) is 22.2. The molecule has 1 atom stereocenters. The lowest BCUT2D eigenvalue weighted by molar-refractivity contribution is 0.552. The number of nitrogens with zero attached hydrogens (tertiary/aromatic N) is 2. The molecule has 2 aliphatic rings. The van der Waals surface area contributed by atoms with Crippen molar-refractivity contribution in [3.05, 3.63) is 28.8 Å². The Morgan fingerprint density at radius 1 is 1.29 bits per heavy atom. The van der Waals surface area contributed by atoms with Crippen LogP contribution in [-0.4, -0.2) is 38.7 Å². The number of benzene rings is 1. The summed E-state index contributed by atoms with van der Waals surface area (Å²) in [5.74, 6) is 1.60. The molecule has 1 unspecified atom stereocenters. The number of aliphatic imine (C=N–C) groups is 1. The van der Waals surface area contributed by atoms with Crippen molar-refractivity contribution in [3.63, 3.8) is 0 Å². The quantitative estimate of drug-likeness (QED) is 0.645. The van der Waals surface area contributed by atoms with Gasteiger partial charge < -0.3 is 15.5 Å². The third-order valence-electron chi connectivity index (χ3n) is 5.28. The minimum absolute atomic E-state index is 0.602. The molecule has 1 aliphatic heterocycles. The summed E-state index contributed by atoms with van der Waals surface area (Å²) in [5, 5.41) is 7.90. The zero-order valence-corrected chi connectivity index (χ0v) is 15.6. The van der Waals surface area contributed by atoms with E-state index < -0.39 is 0 Å². The van der Waals surface area contributed by atoms with E-state index in [1.54, 1.807) is 0 Å². The topological polar surface area (TPSA) is 39.7 Å². The number of rotatable bonds is 4. The molecule has 24 heavy (non-hydrogen) atoms. The summed E-state index contributed by atoms with van der Waals surface area (Å²) >= 11 is 6.17. The van der Waals surface area contributed by atoms with Crippen molar-refractivity contribution < 1.29 is 0 Å². The van der Waals surface area contributed by atoms with Gasteiger partial charge in [-0.3, -0.25) is 4.99 Å². The van der Waals surface area contributed by atoms with Crippen LogP contribution >= 0.6 is 11.6 Å². The van der Waals surface area contributed by atoms with Crippen LogP contribution in [0.1, 0.15) is 37.7 Å². The number of halogens is 1. The van der Waals surface area contributed by atoms with Crippen molar-refractivity contribution >= 4 is 23.2 Å². The van der Waals surface area contributed by atoms with Crippen LogP contribution in [-0.2, 0) is 0 Å². The van der Waals surface area contributed by atoms with Gasteiger partial charge in [0.05, 0.1) is 0 Å². The molecule has 0 aromatic heterocycles. The molecule has 0 spiro atoms. The van der Waals surface area contributed by atoms with Gasteiger partial charge in [0.15, 0.2) is 5.96 Å². The maximum atomic E-state index is 6.17. The van der Waals surface area contributed by atoms with Gasteiger partial charge in [0.2, 0.25) is 0 Å². The molecular weight excluding hydrogens is 320 g/mol. The molecule has 4 nitrogen and oxygen atoms in total. The van der Waals surface area contributed by atoms with Crippen molar-refractivity contribution in [3.8, 4) is 0 Å². The second-order valence-corrected chi connectivity index (χ2v) is 7.55. The highest BCUT2D eigenvalue weighted by Crippen LogP contribution is 2.29. The molecule has 1 heterocycles. The van der Waals surface area contributed by atoms with E-state index in [2.05, 4.69) is 39.6 Å². The first-order valence-corrected chi connectivity index (χ1v) is 9.52. The maximum Gasteiger partial charge on any atom is 0.191 e. The SMILES string of the molecule is CN=C(NCC1CCN(c2cc(Cl)ccc2C)C1)NC1CCCC1. The summed E-state index contributed by atoms with van der Waals surface area (Å²) in [4.78, 5) is 6.84. The van der Waals surface area contributed by atoms with Crippen LogP contribution in [0.5, 0.6) is 0 Å². The largest absolute Gasteiger partial charge is 0.371 e. The van der Waals surface area contributed by atoms with Crippen molar-refractivity contribution in [1.29, 1.82) is 0 Å². The Hall–Kier alpha value is -1.42. The third-order valence-corrected chi connectivity index (χ3v) is 5.51. The first kappa shape index (κ1) is 17.4. The van der Waals surface area contributed by atoms with Gasteiger partial charge in [-0.15, -0.1) is 0 Å². The van der Waals surface area contributed by atoms with Crippen molar-refractivity contribution in [2.45, 2.75) is 45.1 Å². The standard InChI is InChI=1S/C19H29ClN4/c1-14-7-8-16(20)11-18(14)24-10-9-15(13-24)12-22-19(21-2)23-17-5-3-4-6-17/h7-8,11,15,17H,3-6,9-10,12-13H2,1-2H3,(H2,21,22,23). The van der Waals surface area contributed by atoms with Crippen molar-refractivity contribution in [2.75, 3.05) is 31.6 Å². The fraction of sp³-hybridized carbons (Fsp3) is 0.632. The third kappa shape index (κ3) is 4.35. The Balaban J connectivity index is 1.49. The molecule has 2 fully saturated rings. The summed E-state index contributed by atoms with van der Waals surface area (Å²) in [5.41, 5.74) is 2.57. The molecule has 132 valence electrons. The van der Waals surface area contributed by atoms with E-state index in [9.17, 15) is 0 Å². The van der Waals surface area contributed by atoms with Gasteiger partial charge >= 0.3 is 0 Å². The van der Waals surface area contributed by atoms with Gasteiger partial charge in [-0.1, -0.05) is 30.5 Å².